The Balaban J connectivity index is 2.04. The number of nitrogens with zero attached hydrogens (tertiary/aromatic N) is 2. The Hall–Kier alpha value is -0.160. The van der Waals surface area contributed by atoms with Crippen LogP contribution in [0.25, 0.3) is 0 Å². The molecule has 0 aromatic carbocycles. The molecular weight excluding hydrogens is 178 g/mol. The van der Waals surface area contributed by atoms with Crippen LogP contribution in [0.5, 0.6) is 0 Å². The van der Waals surface area contributed by atoms with Crippen LogP contribution >= 0.6 is 0 Å². The van der Waals surface area contributed by atoms with E-state index in [-0.39, 0.29) is 12.6 Å². The van der Waals surface area contributed by atoms with Crippen LogP contribution in [0.4, 0.5) is 0 Å². The van der Waals surface area contributed by atoms with E-state index in [2.05, 4.69) is 16.8 Å². The number of rotatable bonds is 6. The first-order valence-electron chi connectivity index (χ1n) is 5.49. The Bertz CT molecular complexity index is 148. The highest BCUT2D eigenvalue weighted by Gasteiger charge is 2.12. The number of likely N-dealkylation sites (tertiary alicyclic amines) is 1. The van der Waals surface area contributed by atoms with Crippen molar-refractivity contribution in [1.82, 2.24) is 9.80 Å². The average molecular weight is 201 g/mol. The van der Waals surface area contributed by atoms with E-state index in [0.717, 1.165) is 19.6 Å². The summed E-state index contributed by atoms with van der Waals surface area (Å²) in [6.07, 6.45) is 2.69. The molecule has 0 bridgehead atoms. The van der Waals surface area contributed by atoms with Gasteiger partial charge in [-0.05, 0) is 33.0 Å². The fourth-order valence-corrected chi connectivity index (χ4v) is 1.87. The molecule has 0 saturated carbocycles. The van der Waals surface area contributed by atoms with Crippen molar-refractivity contribution < 1.29 is 5.11 Å². The first-order valence-corrected chi connectivity index (χ1v) is 5.49. The van der Waals surface area contributed by atoms with Gasteiger partial charge in [-0.15, -0.1) is 0 Å². The molecule has 1 atom stereocenters. The third kappa shape index (κ3) is 4.37. The van der Waals surface area contributed by atoms with Crippen LogP contribution < -0.4 is 5.73 Å². The second-order valence-electron chi connectivity index (χ2n) is 4.25. The van der Waals surface area contributed by atoms with Crippen LogP contribution in [0.3, 0.4) is 0 Å². The van der Waals surface area contributed by atoms with Crippen LogP contribution in [0, 0.1) is 0 Å². The van der Waals surface area contributed by atoms with Crippen LogP contribution in [-0.4, -0.2) is 67.3 Å². The number of likely N-dealkylation sites (N-methyl/N-ethyl adjacent to an activating group) is 1. The van der Waals surface area contributed by atoms with Gasteiger partial charge < -0.3 is 20.6 Å². The Labute approximate surface area is 86.7 Å². The van der Waals surface area contributed by atoms with E-state index in [9.17, 15) is 0 Å². The largest absolute Gasteiger partial charge is 0.395 e. The first kappa shape index (κ1) is 11.9. The summed E-state index contributed by atoms with van der Waals surface area (Å²) in [6, 6.07) is -0.0985. The lowest BCUT2D eigenvalue weighted by Crippen LogP contribution is -2.40. The zero-order chi connectivity index (χ0) is 10.4. The Morgan fingerprint density at radius 3 is 2.64 bits per heavy atom. The molecule has 1 saturated heterocycles. The number of hydrogen-bond donors (Lipinski definition) is 2. The topological polar surface area (TPSA) is 52.7 Å². The fourth-order valence-electron chi connectivity index (χ4n) is 1.87. The highest BCUT2D eigenvalue weighted by atomic mass is 16.3. The van der Waals surface area contributed by atoms with Crippen molar-refractivity contribution in [1.29, 1.82) is 0 Å². The van der Waals surface area contributed by atoms with Crippen molar-refractivity contribution in [2.45, 2.75) is 18.9 Å². The quantitative estimate of drug-likeness (QED) is 0.599. The summed E-state index contributed by atoms with van der Waals surface area (Å²) in [7, 11) is 2.06. The monoisotopic (exact) mass is 201 g/mol. The maximum Gasteiger partial charge on any atom is 0.0595 e. The van der Waals surface area contributed by atoms with Crippen LogP contribution in [0.15, 0.2) is 0 Å². The first-order chi connectivity index (χ1) is 6.72. The lowest BCUT2D eigenvalue weighted by Gasteiger charge is -2.23. The Morgan fingerprint density at radius 2 is 2.07 bits per heavy atom. The SMILES string of the molecule is CN(CCN1CCCC1)CC(N)CO. The van der Waals surface area contributed by atoms with Crippen LogP contribution in [-0.2, 0) is 0 Å². The van der Waals surface area contributed by atoms with Gasteiger partial charge in [0, 0.05) is 25.7 Å². The summed E-state index contributed by atoms with van der Waals surface area (Å²) >= 11 is 0. The molecule has 4 heteroatoms. The van der Waals surface area contributed by atoms with Gasteiger partial charge >= 0.3 is 0 Å². The molecule has 0 aliphatic carbocycles. The lowest BCUT2D eigenvalue weighted by molar-refractivity contribution is 0.205. The molecule has 1 fully saturated rings. The molecule has 3 N–H and O–H groups in total. The molecule has 1 unspecified atom stereocenters. The molecule has 14 heavy (non-hydrogen) atoms. The number of nitrogens with two attached hydrogens (primary N) is 1. The Morgan fingerprint density at radius 1 is 1.43 bits per heavy atom. The number of aliphatic hydroxyl groups is 1. The van der Waals surface area contributed by atoms with Crippen molar-refractivity contribution in [3.63, 3.8) is 0 Å². The second kappa shape index (κ2) is 6.35. The van der Waals surface area contributed by atoms with E-state index in [4.69, 9.17) is 10.8 Å². The van der Waals surface area contributed by atoms with E-state index >= 15 is 0 Å². The molecule has 1 heterocycles. The molecule has 0 aromatic rings. The maximum atomic E-state index is 8.80. The molecule has 1 aliphatic rings. The Kier molecular flexibility index (Phi) is 5.40. The maximum absolute atomic E-state index is 8.80. The van der Waals surface area contributed by atoms with Gasteiger partial charge in [0.2, 0.25) is 0 Å². The van der Waals surface area contributed by atoms with E-state index in [1.165, 1.54) is 25.9 Å². The summed E-state index contributed by atoms with van der Waals surface area (Å²) in [6.45, 7) is 5.54. The normalized spacial score (nSPS) is 20.6. The molecule has 0 radical (unpaired) electrons. The van der Waals surface area contributed by atoms with Gasteiger partial charge in [-0.25, -0.2) is 0 Å². The fraction of sp³-hybridized carbons (Fsp3) is 1.00. The van der Waals surface area contributed by atoms with E-state index in [0.29, 0.717) is 0 Å². The summed E-state index contributed by atoms with van der Waals surface area (Å²) in [5, 5.41) is 8.80. The smallest absolute Gasteiger partial charge is 0.0595 e. The zero-order valence-corrected chi connectivity index (χ0v) is 9.15. The van der Waals surface area contributed by atoms with Crippen LogP contribution in [0.2, 0.25) is 0 Å². The average Bonchev–Trinajstić information content (AvgIpc) is 2.67. The predicted octanol–water partition coefficient (Wildman–Crippen LogP) is -0.666. The van der Waals surface area contributed by atoms with Crippen molar-refractivity contribution in [2.75, 3.05) is 46.4 Å². The van der Waals surface area contributed by atoms with Crippen molar-refractivity contribution in [3.8, 4) is 0 Å². The molecule has 84 valence electrons. The standard InChI is InChI=1S/C10H23N3O/c1-12(8-10(11)9-14)6-7-13-4-2-3-5-13/h10,14H,2-9,11H2,1H3. The van der Waals surface area contributed by atoms with Gasteiger partial charge in [0.05, 0.1) is 6.61 Å². The summed E-state index contributed by atoms with van der Waals surface area (Å²) < 4.78 is 0. The molecule has 1 aliphatic heterocycles. The van der Waals surface area contributed by atoms with Crippen molar-refractivity contribution in [3.05, 3.63) is 0 Å². The molecule has 0 spiro atoms. The lowest BCUT2D eigenvalue weighted by atomic mass is 10.3. The van der Waals surface area contributed by atoms with Crippen molar-refractivity contribution in [2.24, 2.45) is 5.73 Å². The van der Waals surface area contributed by atoms with E-state index < -0.39 is 0 Å². The van der Waals surface area contributed by atoms with Gasteiger partial charge in [0.1, 0.15) is 0 Å². The minimum atomic E-state index is -0.0985. The second-order valence-corrected chi connectivity index (χ2v) is 4.25. The zero-order valence-electron chi connectivity index (χ0n) is 9.15. The predicted molar refractivity (Wildman–Crippen MR) is 58.2 cm³/mol. The van der Waals surface area contributed by atoms with E-state index in [1.54, 1.807) is 0 Å². The number of aliphatic hydroxyl groups excluding tert-OH is 1. The van der Waals surface area contributed by atoms with Crippen LogP contribution in [0.1, 0.15) is 12.8 Å². The summed E-state index contributed by atoms with van der Waals surface area (Å²) in [5.41, 5.74) is 5.65. The van der Waals surface area contributed by atoms with Gasteiger partial charge in [0.25, 0.3) is 0 Å². The highest BCUT2D eigenvalue weighted by Crippen LogP contribution is 2.06. The van der Waals surface area contributed by atoms with Gasteiger partial charge in [-0.3, -0.25) is 0 Å². The third-order valence-electron chi connectivity index (χ3n) is 2.78. The number of hydrogen-bond acceptors (Lipinski definition) is 4. The minimum absolute atomic E-state index is 0.0774. The van der Waals surface area contributed by atoms with Gasteiger partial charge in [-0.1, -0.05) is 0 Å². The van der Waals surface area contributed by atoms with E-state index in [1.807, 2.05) is 0 Å². The van der Waals surface area contributed by atoms with Gasteiger partial charge in [-0.2, -0.15) is 0 Å². The van der Waals surface area contributed by atoms with Crippen molar-refractivity contribution >= 4 is 0 Å². The highest BCUT2D eigenvalue weighted by molar-refractivity contribution is 4.69. The molecule has 1 rings (SSSR count). The minimum Gasteiger partial charge on any atom is -0.395 e. The van der Waals surface area contributed by atoms with Gasteiger partial charge in [0.15, 0.2) is 0 Å². The summed E-state index contributed by atoms with van der Waals surface area (Å²) in [5.74, 6) is 0. The third-order valence-corrected chi connectivity index (χ3v) is 2.78. The summed E-state index contributed by atoms with van der Waals surface area (Å²) in [4.78, 5) is 4.68. The molecule has 0 aromatic heterocycles. The molecular formula is C10H23N3O. The molecule has 4 nitrogen and oxygen atoms in total. The molecule has 0 amide bonds.